The first-order valence-corrected chi connectivity index (χ1v) is 8.16. The van der Waals surface area contributed by atoms with E-state index in [-0.39, 0.29) is 17.6 Å². The van der Waals surface area contributed by atoms with Gasteiger partial charge in [-0.15, -0.1) is 0 Å². The summed E-state index contributed by atoms with van der Waals surface area (Å²) in [5, 5.41) is 14.0. The van der Waals surface area contributed by atoms with Crippen LogP contribution in [0.5, 0.6) is 0 Å². The third kappa shape index (κ3) is 3.69. The minimum absolute atomic E-state index is 0.0223. The van der Waals surface area contributed by atoms with Gasteiger partial charge in [0.2, 0.25) is 10.0 Å². The van der Waals surface area contributed by atoms with Crippen molar-refractivity contribution >= 4 is 15.7 Å². The van der Waals surface area contributed by atoms with E-state index in [1.54, 1.807) is 18.2 Å². The molecule has 1 aromatic carbocycles. The maximum absolute atomic E-state index is 11.6. The molecule has 1 aliphatic heterocycles. The Morgan fingerprint density at radius 3 is 2.55 bits per heavy atom. The molecule has 0 amide bonds. The van der Waals surface area contributed by atoms with Gasteiger partial charge in [0.15, 0.2) is 0 Å². The Morgan fingerprint density at radius 1 is 1.30 bits per heavy atom. The number of anilines is 1. The number of sulfonamides is 1. The van der Waals surface area contributed by atoms with Gasteiger partial charge in [-0.05, 0) is 25.0 Å². The Hall–Kier alpha value is -1.15. The van der Waals surface area contributed by atoms with Gasteiger partial charge in [0.05, 0.1) is 25.0 Å². The van der Waals surface area contributed by atoms with E-state index in [2.05, 4.69) is 0 Å². The molecule has 0 atom stereocenters. The summed E-state index contributed by atoms with van der Waals surface area (Å²) < 4.78 is 28.7. The van der Waals surface area contributed by atoms with Gasteiger partial charge in [-0.25, -0.2) is 13.6 Å². The molecule has 6 nitrogen and oxygen atoms in total. The maximum Gasteiger partial charge on any atom is 0.240 e. The first kappa shape index (κ1) is 15.2. The monoisotopic (exact) mass is 300 g/mol. The molecule has 0 bridgehead atoms. The zero-order valence-corrected chi connectivity index (χ0v) is 12.1. The van der Waals surface area contributed by atoms with E-state index in [4.69, 9.17) is 15.0 Å². The minimum Gasteiger partial charge on any atom is -0.394 e. The number of para-hydroxylation sites is 1. The van der Waals surface area contributed by atoms with E-state index in [9.17, 15) is 8.42 Å². The molecule has 0 spiro atoms. The molecule has 0 aliphatic carbocycles. The Morgan fingerprint density at radius 2 is 1.95 bits per heavy atom. The Bertz CT molecular complexity index is 539. The van der Waals surface area contributed by atoms with Crippen molar-refractivity contribution in [1.29, 1.82) is 0 Å². The smallest absolute Gasteiger partial charge is 0.240 e. The van der Waals surface area contributed by atoms with Crippen LogP contribution in [0, 0.1) is 0 Å². The second kappa shape index (κ2) is 6.53. The SMILES string of the molecule is NS(=O)(=O)c1ccccc1N1CCC(OCCO)CC1. The first-order valence-electron chi connectivity index (χ1n) is 6.61. The Balaban J connectivity index is 2.08. The van der Waals surface area contributed by atoms with Gasteiger partial charge in [0, 0.05) is 13.1 Å². The van der Waals surface area contributed by atoms with Gasteiger partial charge in [0.25, 0.3) is 0 Å². The van der Waals surface area contributed by atoms with Crippen LogP contribution in [0.25, 0.3) is 0 Å². The molecule has 2 rings (SSSR count). The first-order chi connectivity index (χ1) is 9.52. The predicted octanol–water partition coefficient (Wildman–Crippen LogP) is 0.312. The van der Waals surface area contributed by atoms with Crippen LogP contribution in [-0.2, 0) is 14.8 Å². The molecule has 0 radical (unpaired) electrons. The van der Waals surface area contributed by atoms with Crippen LogP contribution in [-0.4, -0.2) is 45.9 Å². The Kier molecular flexibility index (Phi) is 4.98. The van der Waals surface area contributed by atoms with Crippen LogP contribution in [0.2, 0.25) is 0 Å². The molecule has 0 unspecified atom stereocenters. The summed E-state index contributed by atoms with van der Waals surface area (Å²) in [5.41, 5.74) is 0.649. The zero-order chi connectivity index (χ0) is 14.6. The lowest BCUT2D eigenvalue weighted by molar-refractivity contribution is 0.0158. The largest absolute Gasteiger partial charge is 0.394 e. The van der Waals surface area contributed by atoms with Crippen LogP contribution in [0.4, 0.5) is 5.69 Å². The fraction of sp³-hybridized carbons (Fsp3) is 0.538. The van der Waals surface area contributed by atoms with Gasteiger partial charge < -0.3 is 14.7 Å². The number of nitrogens with zero attached hydrogens (tertiary/aromatic N) is 1. The van der Waals surface area contributed by atoms with E-state index in [1.807, 2.05) is 4.90 Å². The second-order valence-electron chi connectivity index (χ2n) is 4.79. The quantitative estimate of drug-likeness (QED) is 0.816. The summed E-state index contributed by atoms with van der Waals surface area (Å²) in [6.07, 6.45) is 1.73. The molecule has 1 fully saturated rings. The summed E-state index contributed by atoms with van der Waals surface area (Å²) in [6.45, 7) is 1.79. The summed E-state index contributed by atoms with van der Waals surface area (Å²) in [4.78, 5) is 2.17. The standard InChI is InChI=1S/C13H20N2O4S/c14-20(17,18)13-4-2-1-3-12(13)15-7-5-11(6-8-15)19-10-9-16/h1-4,11,16H,5-10H2,(H2,14,17,18). The van der Waals surface area contributed by atoms with E-state index in [0.717, 1.165) is 12.8 Å². The fourth-order valence-electron chi connectivity index (χ4n) is 2.44. The zero-order valence-electron chi connectivity index (χ0n) is 11.2. The summed E-state index contributed by atoms with van der Waals surface area (Å²) in [7, 11) is -3.72. The molecular weight excluding hydrogens is 280 g/mol. The van der Waals surface area contributed by atoms with Crippen molar-refractivity contribution in [1.82, 2.24) is 0 Å². The number of nitrogens with two attached hydrogens (primary N) is 1. The molecule has 1 aliphatic rings. The molecule has 1 saturated heterocycles. The van der Waals surface area contributed by atoms with E-state index in [1.165, 1.54) is 6.07 Å². The van der Waals surface area contributed by atoms with Crippen molar-refractivity contribution in [2.24, 2.45) is 5.14 Å². The van der Waals surface area contributed by atoms with Crippen molar-refractivity contribution in [2.75, 3.05) is 31.2 Å². The molecule has 1 aromatic rings. The topological polar surface area (TPSA) is 92.9 Å². The highest BCUT2D eigenvalue weighted by Gasteiger charge is 2.23. The van der Waals surface area contributed by atoms with Gasteiger partial charge in [-0.1, -0.05) is 12.1 Å². The average molecular weight is 300 g/mol. The van der Waals surface area contributed by atoms with E-state index >= 15 is 0 Å². The number of aliphatic hydroxyl groups excluding tert-OH is 1. The molecular formula is C13H20N2O4S. The number of piperidine rings is 1. The summed E-state index contributed by atoms with van der Waals surface area (Å²) in [6, 6.07) is 6.77. The number of primary sulfonamides is 1. The number of hydrogen-bond acceptors (Lipinski definition) is 5. The van der Waals surface area contributed by atoms with Crippen molar-refractivity contribution in [3.8, 4) is 0 Å². The molecule has 112 valence electrons. The maximum atomic E-state index is 11.6. The number of hydrogen-bond donors (Lipinski definition) is 2. The van der Waals surface area contributed by atoms with Gasteiger partial charge >= 0.3 is 0 Å². The number of aliphatic hydroxyl groups is 1. The van der Waals surface area contributed by atoms with Gasteiger partial charge in [-0.2, -0.15) is 0 Å². The molecule has 0 saturated carbocycles. The highest BCUT2D eigenvalue weighted by molar-refractivity contribution is 7.89. The lowest BCUT2D eigenvalue weighted by Crippen LogP contribution is -2.38. The van der Waals surface area contributed by atoms with Crippen LogP contribution in [0.15, 0.2) is 29.2 Å². The van der Waals surface area contributed by atoms with Crippen LogP contribution < -0.4 is 10.0 Å². The number of benzene rings is 1. The molecule has 0 aromatic heterocycles. The number of rotatable bonds is 5. The highest BCUT2D eigenvalue weighted by Crippen LogP contribution is 2.27. The lowest BCUT2D eigenvalue weighted by Gasteiger charge is -2.34. The average Bonchev–Trinajstić information content (AvgIpc) is 2.45. The van der Waals surface area contributed by atoms with Crippen molar-refractivity contribution < 1.29 is 18.3 Å². The third-order valence-electron chi connectivity index (χ3n) is 3.40. The second-order valence-corrected chi connectivity index (χ2v) is 6.32. The van der Waals surface area contributed by atoms with Crippen LogP contribution >= 0.6 is 0 Å². The molecule has 1 heterocycles. The highest BCUT2D eigenvalue weighted by atomic mass is 32.2. The van der Waals surface area contributed by atoms with E-state index < -0.39 is 10.0 Å². The summed E-state index contributed by atoms with van der Waals surface area (Å²) >= 11 is 0. The van der Waals surface area contributed by atoms with Gasteiger partial charge in [0.1, 0.15) is 4.90 Å². The van der Waals surface area contributed by atoms with Gasteiger partial charge in [-0.3, -0.25) is 0 Å². The third-order valence-corrected chi connectivity index (χ3v) is 4.36. The van der Waals surface area contributed by atoms with Crippen LogP contribution in [0.1, 0.15) is 12.8 Å². The molecule has 20 heavy (non-hydrogen) atoms. The minimum atomic E-state index is -3.72. The van der Waals surface area contributed by atoms with Crippen molar-refractivity contribution in [2.45, 2.75) is 23.8 Å². The van der Waals surface area contributed by atoms with Crippen LogP contribution in [0.3, 0.4) is 0 Å². The van der Waals surface area contributed by atoms with Crippen molar-refractivity contribution in [3.63, 3.8) is 0 Å². The van der Waals surface area contributed by atoms with Crippen molar-refractivity contribution in [3.05, 3.63) is 24.3 Å². The molecule has 7 heteroatoms. The van der Waals surface area contributed by atoms with E-state index in [0.29, 0.717) is 25.4 Å². The number of ether oxygens (including phenoxy) is 1. The fourth-order valence-corrected chi connectivity index (χ4v) is 3.20. The Labute approximate surface area is 119 Å². The normalized spacial score (nSPS) is 17.4. The molecule has 3 N–H and O–H groups in total. The predicted molar refractivity (Wildman–Crippen MR) is 76.1 cm³/mol. The summed E-state index contributed by atoms with van der Waals surface area (Å²) in [5.74, 6) is 0. The lowest BCUT2D eigenvalue weighted by atomic mass is 10.1.